The van der Waals surface area contributed by atoms with E-state index in [1.54, 1.807) is 7.11 Å². The van der Waals surface area contributed by atoms with Crippen LogP contribution in [0, 0.1) is 5.92 Å². The van der Waals surface area contributed by atoms with Gasteiger partial charge in [0.2, 0.25) is 5.91 Å². The molecule has 1 saturated carbocycles. The Hall–Kier alpha value is -1.15. The molecular weight excluding hydrogens is 374 g/mol. The zero-order valence-corrected chi connectivity index (χ0v) is 17.0. The molecule has 0 aromatic rings. The first kappa shape index (κ1) is 20.6. The lowest BCUT2D eigenvalue weighted by atomic mass is 9.68. The number of ether oxygens (including phenoxy) is 4. The van der Waals surface area contributed by atoms with Gasteiger partial charge in [0, 0.05) is 7.11 Å². The molecule has 1 N–H and O–H groups in total. The van der Waals surface area contributed by atoms with Gasteiger partial charge in [0.25, 0.3) is 0 Å². The van der Waals surface area contributed by atoms with E-state index in [0.717, 1.165) is 12.8 Å². The fraction of sp³-hybridized carbons (Fsp3) is 0.789. The number of rotatable bonds is 6. The maximum atomic E-state index is 12.0. The summed E-state index contributed by atoms with van der Waals surface area (Å²) in [5.74, 6) is -0.949. The van der Waals surface area contributed by atoms with Gasteiger partial charge in [0.05, 0.1) is 18.6 Å². The van der Waals surface area contributed by atoms with Gasteiger partial charge in [0.1, 0.15) is 29.3 Å². The van der Waals surface area contributed by atoms with E-state index in [-0.39, 0.29) is 29.6 Å². The van der Waals surface area contributed by atoms with Crippen molar-refractivity contribution in [2.45, 2.75) is 69.5 Å². The Labute approximate surface area is 164 Å². The van der Waals surface area contributed by atoms with Crippen LogP contribution in [0.25, 0.3) is 0 Å². The standard InChI is InChI=1S/C19H28ClNO6/c1-11(2)5-6-13-18(3,27-13)16-15(24-4)12(7-8-19(16)10-25-19)26-17(23)21-14(22)9-20/h5,12-13,15-16H,6-10H2,1-4H3,(H,21,22,23)/t12-,13-,15-,16?,18?,19+/m1/s1. The molecular formula is C19H28ClNO6. The lowest BCUT2D eigenvalue weighted by molar-refractivity contribution is -0.124. The number of hydrogen-bond acceptors (Lipinski definition) is 6. The summed E-state index contributed by atoms with van der Waals surface area (Å²) in [6.07, 6.45) is 2.78. The summed E-state index contributed by atoms with van der Waals surface area (Å²) in [7, 11) is 1.61. The van der Waals surface area contributed by atoms with Crippen LogP contribution >= 0.6 is 11.6 Å². The number of hydrogen-bond donors (Lipinski definition) is 1. The second-order valence-corrected chi connectivity index (χ2v) is 8.27. The van der Waals surface area contributed by atoms with E-state index in [1.807, 2.05) is 0 Å². The number of alkyl halides is 1. The number of carbonyl (C=O) groups is 2. The lowest BCUT2D eigenvalue weighted by Crippen LogP contribution is -2.56. The number of amides is 2. The van der Waals surface area contributed by atoms with Crippen LogP contribution in [0.2, 0.25) is 0 Å². The van der Waals surface area contributed by atoms with Crippen LogP contribution in [0.4, 0.5) is 4.79 Å². The highest BCUT2D eigenvalue weighted by Crippen LogP contribution is 2.59. The monoisotopic (exact) mass is 401 g/mol. The maximum Gasteiger partial charge on any atom is 0.414 e. The van der Waals surface area contributed by atoms with Crippen LogP contribution in [0.3, 0.4) is 0 Å². The molecule has 0 radical (unpaired) electrons. The molecule has 1 aliphatic carbocycles. The number of allylic oxidation sites excluding steroid dienone is 1. The van der Waals surface area contributed by atoms with E-state index in [1.165, 1.54) is 5.57 Å². The number of imide groups is 1. The van der Waals surface area contributed by atoms with Gasteiger partial charge in [-0.1, -0.05) is 11.6 Å². The molecule has 7 nitrogen and oxygen atoms in total. The normalized spacial score (nSPS) is 39.6. The molecule has 3 rings (SSSR count). The van der Waals surface area contributed by atoms with Crippen molar-refractivity contribution in [1.82, 2.24) is 5.32 Å². The quantitative estimate of drug-likeness (QED) is 0.418. The first-order valence-electron chi connectivity index (χ1n) is 9.30. The zero-order chi connectivity index (χ0) is 19.8. The second-order valence-electron chi connectivity index (χ2n) is 8.00. The van der Waals surface area contributed by atoms with Crippen LogP contribution < -0.4 is 5.32 Å². The molecule has 2 amide bonds. The SMILES string of the molecule is CO[C@H]1C(C2(C)O[C@@H]2CC=C(C)C)[C@]2(CC[C@H]1OC(=O)NC(=O)CCl)CO2. The van der Waals surface area contributed by atoms with Gasteiger partial charge in [-0.2, -0.15) is 0 Å². The molecule has 0 aromatic carbocycles. The van der Waals surface area contributed by atoms with Crippen LogP contribution in [0.1, 0.15) is 40.0 Å². The van der Waals surface area contributed by atoms with E-state index < -0.39 is 23.7 Å². The van der Waals surface area contributed by atoms with Crippen molar-refractivity contribution in [2.24, 2.45) is 5.92 Å². The average molecular weight is 402 g/mol. The van der Waals surface area contributed by atoms with Crippen LogP contribution in [0.5, 0.6) is 0 Å². The molecule has 8 heteroatoms. The molecule has 2 heterocycles. The Kier molecular flexibility index (Phi) is 5.87. The minimum Gasteiger partial charge on any atom is -0.443 e. The molecule has 27 heavy (non-hydrogen) atoms. The Morgan fingerprint density at radius 2 is 2.07 bits per heavy atom. The summed E-state index contributed by atoms with van der Waals surface area (Å²) < 4.78 is 23.2. The highest BCUT2D eigenvalue weighted by atomic mass is 35.5. The van der Waals surface area contributed by atoms with Crippen molar-refractivity contribution in [3.63, 3.8) is 0 Å². The topological polar surface area (TPSA) is 89.7 Å². The molecule has 0 bridgehead atoms. The Balaban J connectivity index is 1.73. The number of nitrogens with one attached hydrogen (secondary N) is 1. The minimum atomic E-state index is -0.804. The van der Waals surface area contributed by atoms with Crippen molar-refractivity contribution in [2.75, 3.05) is 19.6 Å². The molecule has 152 valence electrons. The molecule has 0 aromatic heterocycles. The lowest BCUT2D eigenvalue weighted by Gasteiger charge is -2.42. The van der Waals surface area contributed by atoms with Crippen molar-refractivity contribution < 1.29 is 28.5 Å². The van der Waals surface area contributed by atoms with Crippen molar-refractivity contribution in [1.29, 1.82) is 0 Å². The number of epoxide rings is 2. The van der Waals surface area contributed by atoms with E-state index in [9.17, 15) is 9.59 Å². The average Bonchev–Trinajstić information content (AvgIpc) is 3.52. The molecule has 3 fully saturated rings. The third-order valence-corrected chi connectivity index (χ3v) is 6.10. The number of methoxy groups -OCH3 is 1. The van der Waals surface area contributed by atoms with Gasteiger partial charge in [0.15, 0.2) is 0 Å². The predicted octanol–water partition coefficient (Wildman–Crippen LogP) is 2.55. The van der Waals surface area contributed by atoms with E-state index in [0.29, 0.717) is 13.0 Å². The highest BCUT2D eigenvalue weighted by molar-refractivity contribution is 6.28. The molecule has 3 aliphatic rings. The van der Waals surface area contributed by atoms with Crippen LogP contribution in [-0.2, 0) is 23.7 Å². The Morgan fingerprint density at radius 3 is 2.63 bits per heavy atom. The van der Waals surface area contributed by atoms with Crippen LogP contribution in [-0.4, -0.2) is 61.1 Å². The first-order valence-corrected chi connectivity index (χ1v) is 9.83. The maximum absolute atomic E-state index is 12.0. The summed E-state index contributed by atoms with van der Waals surface area (Å²) in [6.45, 7) is 6.87. The first-order chi connectivity index (χ1) is 12.8. The third kappa shape index (κ3) is 4.16. The molecule has 1 spiro atoms. The highest BCUT2D eigenvalue weighted by Gasteiger charge is 2.72. The zero-order valence-electron chi connectivity index (χ0n) is 16.2. The van der Waals surface area contributed by atoms with Gasteiger partial charge in [-0.05, 0) is 40.0 Å². The number of alkyl carbamates (subject to hydrolysis) is 1. The van der Waals surface area contributed by atoms with Crippen molar-refractivity contribution >= 4 is 23.6 Å². The predicted molar refractivity (Wildman–Crippen MR) is 98.7 cm³/mol. The van der Waals surface area contributed by atoms with Gasteiger partial charge in [-0.3, -0.25) is 10.1 Å². The molecule has 2 aliphatic heterocycles. The fourth-order valence-corrected chi connectivity index (χ4v) is 4.45. The van der Waals surface area contributed by atoms with E-state index in [2.05, 4.69) is 32.2 Å². The summed E-state index contributed by atoms with van der Waals surface area (Å²) in [5, 5.41) is 2.11. The van der Waals surface area contributed by atoms with Crippen molar-refractivity contribution in [3.05, 3.63) is 11.6 Å². The van der Waals surface area contributed by atoms with E-state index in [4.69, 9.17) is 30.5 Å². The Bertz CT molecular complexity index is 630. The van der Waals surface area contributed by atoms with Gasteiger partial charge >= 0.3 is 6.09 Å². The summed E-state index contributed by atoms with van der Waals surface area (Å²) in [6, 6.07) is 0. The third-order valence-electron chi connectivity index (χ3n) is 5.86. The van der Waals surface area contributed by atoms with Crippen molar-refractivity contribution in [3.8, 4) is 0 Å². The van der Waals surface area contributed by atoms with E-state index >= 15 is 0 Å². The smallest absolute Gasteiger partial charge is 0.414 e. The number of halogens is 1. The van der Waals surface area contributed by atoms with Gasteiger partial charge < -0.3 is 18.9 Å². The Morgan fingerprint density at radius 1 is 1.37 bits per heavy atom. The minimum absolute atomic E-state index is 0.0548. The number of carbonyl (C=O) groups excluding carboxylic acids is 2. The second kappa shape index (κ2) is 7.70. The van der Waals surface area contributed by atoms with Gasteiger partial charge in [-0.25, -0.2) is 4.79 Å². The molecule has 6 atom stereocenters. The summed E-state index contributed by atoms with van der Waals surface area (Å²) in [5.41, 5.74) is 0.574. The fourth-order valence-electron chi connectivity index (χ4n) is 4.38. The van der Waals surface area contributed by atoms with Gasteiger partial charge in [-0.15, -0.1) is 11.6 Å². The largest absolute Gasteiger partial charge is 0.443 e. The molecule has 2 unspecified atom stereocenters. The molecule has 2 saturated heterocycles. The summed E-state index contributed by atoms with van der Waals surface area (Å²) >= 11 is 5.42. The van der Waals surface area contributed by atoms with Crippen LogP contribution in [0.15, 0.2) is 11.6 Å². The summed E-state index contributed by atoms with van der Waals surface area (Å²) in [4.78, 5) is 23.3.